The minimum absolute atomic E-state index is 0.0310. The maximum atomic E-state index is 12.6. The number of methoxy groups -OCH3 is 1. The number of fused-ring (bicyclic) bond motifs is 2. The van der Waals surface area contributed by atoms with Crippen LogP contribution in [0.2, 0.25) is 0 Å². The Morgan fingerprint density at radius 2 is 2.00 bits per heavy atom. The van der Waals surface area contributed by atoms with Gasteiger partial charge in [-0.2, -0.15) is 9.97 Å². The summed E-state index contributed by atoms with van der Waals surface area (Å²) in [6.45, 7) is 6.14. The van der Waals surface area contributed by atoms with Crippen LogP contribution in [-0.2, 0) is 24.2 Å². The van der Waals surface area contributed by atoms with Gasteiger partial charge in [0.25, 0.3) is 5.91 Å². The molecule has 2 fully saturated rings. The van der Waals surface area contributed by atoms with E-state index in [0.717, 1.165) is 54.0 Å². The van der Waals surface area contributed by atoms with Gasteiger partial charge >= 0.3 is 6.01 Å². The van der Waals surface area contributed by atoms with Crippen molar-refractivity contribution in [3.63, 3.8) is 0 Å². The molecule has 2 saturated heterocycles. The van der Waals surface area contributed by atoms with Crippen molar-refractivity contribution in [3.8, 4) is 11.8 Å². The van der Waals surface area contributed by atoms with Crippen LogP contribution in [0.4, 0.5) is 10.2 Å². The number of phenols is 1. The number of nitrogens with zero attached hydrogens (tertiary/aromatic N) is 7. The summed E-state index contributed by atoms with van der Waals surface area (Å²) >= 11 is 6.59. The Balaban J connectivity index is 0.000000410. The van der Waals surface area contributed by atoms with Gasteiger partial charge in [-0.05, 0) is 57.3 Å². The molecule has 2 aromatic rings. The second kappa shape index (κ2) is 15.2. The molecule has 0 bridgehead atoms. The number of carbonyl (C=O) groups is 1. The zero-order chi connectivity index (χ0) is 33.8. The molecule has 47 heavy (non-hydrogen) atoms. The Morgan fingerprint density at radius 3 is 2.70 bits per heavy atom. The molecule has 1 amide bonds. The van der Waals surface area contributed by atoms with E-state index in [0.29, 0.717) is 56.6 Å². The number of nitrogens with two attached hydrogens (primary N) is 1. The highest BCUT2D eigenvalue weighted by atomic mass is 35.5. The molecule has 1 aromatic carbocycles. The van der Waals surface area contributed by atoms with E-state index in [-0.39, 0.29) is 28.7 Å². The number of carbonyl (C=O) groups excluding carboxylic acids is 1. The number of hydrogen-bond acceptors (Lipinski definition) is 10. The smallest absolute Gasteiger partial charge is 0.318 e. The fraction of sp³-hybridized carbons (Fsp3) is 0.588. The number of anilines is 1. The van der Waals surface area contributed by atoms with Gasteiger partial charge in [0.1, 0.15) is 23.4 Å². The number of benzene rings is 1. The minimum atomic E-state index is -0.518. The Morgan fingerprint density at radius 1 is 1.21 bits per heavy atom. The number of aliphatic imine (C=N–C) groups is 1. The fourth-order valence-electron chi connectivity index (χ4n) is 7.11. The third-order valence-electron chi connectivity index (χ3n) is 9.56. The first-order chi connectivity index (χ1) is 22.5. The van der Waals surface area contributed by atoms with Crippen molar-refractivity contribution in [1.29, 1.82) is 0 Å². The molecule has 0 aliphatic carbocycles. The number of likely N-dealkylation sites (N-methyl/N-ethyl adjacent to an activating group) is 2. The number of amides is 1. The summed E-state index contributed by atoms with van der Waals surface area (Å²) in [7, 11) is 6.86. The van der Waals surface area contributed by atoms with Crippen LogP contribution in [0.25, 0.3) is 0 Å². The summed E-state index contributed by atoms with van der Waals surface area (Å²) < 4.78 is 18.1. The topological polar surface area (TPSA) is 124 Å². The first-order valence-corrected chi connectivity index (χ1v) is 16.9. The molecule has 4 aliphatic heterocycles. The predicted molar refractivity (Wildman–Crippen MR) is 183 cm³/mol. The van der Waals surface area contributed by atoms with Crippen molar-refractivity contribution in [2.45, 2.75) is 70.2 Å². The van der Waals surface area contributed by atoms with Crippen molar-refractivity contribution < 1.29 is 19.0 Å². The Labute approximate surface area is 282 Å². The summed E-state index contributed by atoms with van der Waals surface area (Å²) in [5, 5.41) is 10.9. The maximum absolute atomic E-state index is 12.6. The second-order valence-electron chi connectivity index (χ2n) is 13.0. The number of ether oxygens (including phenoxy) is 1. The number of hydrogen-bond donors (Lipinski definition) is 2. The summed E-state index contributed by atoms with van der Waals surface area (Å²) in [4.78, 5) is 34.5. The highest BCUT2D eigenvalue weighted by Crippen LogP contribution is 2.40. The van der Waals surface area contributed by atoms with Gasteiger partial charge in [-0.15, -0.1) is 0 Å². The first-order valence-electron chi connectivity index (χ1n) is 16.5. The van der Waals surface area contributed by atoms with Crippen molar-refractivity contribution in [2.75, 3.05) is 65.9 Å². The summed E-state index contributed by atoms with van der Waals surface area (Å²) in [5.41, 5.74) is 10.5. The van der Waals surface area contributed by atoms with Crippen molar-refractivity contribution >= 4 is 29.0 Å². The van der Waals surface area contributed by atoms with E-state index in [1.165, 1.54) is 17.7 Å². The molecule has 1 aromatic heterocycles. The van der Waals surface area contributed by atoms with Gasteiger partial charge in [0, 0.05) is 69.9 Å². The lowest BCUT2D eigenvalue weighted by Gasteiger charge is -2.37. The second-order valence-corrected chi connectivity index (χ2v) is 13.3. The number of phenolic OH excluding ortho intramolecular Hbond substituents is 1. The van der Waals surface area contributed by atoms with E-state index >= 15 is 0 Å². The lowest BCUT2D eigenvalue weighted by molar-refractivity contribution is -0.124. The van der Waals surface area contributed by atoms with Crippen LogP contribution >= 0.6 is 11.6 Å². The lowest BCUT2D eigenvalue weighted by Crippen LogP contribution is -2.37. The molecule has 0 saturated carbocycles. The molecule has 3 atom stereocenters. The van der Waals surface area contributed by atoms with Gasteiger partial charge in [0.2, 0.25) is 0 Å². The quantitative estimate of drug-likeness (QED) is 0.442. The fourth-order valence-corrected chi connectivity index (χ4v) is 7.31. The van der Waals surface area contributed by atoms with E-state index in [1.54, 1.807) is 27.3 Å². The number of alkyl halides is 1. The lowest BCUT2D eigenvalue weighted by atomic mass is 9.89. The summed E-state index contributed by atoms with van der Waals surface area (Å²) in [5.74, 6) is 0.685. The molecule has 0 radical (unpaired) electrons. The Hall–Kier alpha value is -3.48. The molecule has 11 nitrogen and oxygen atoms in total. The van der Waals surface area contributed by atoms with E-state index < -0.39 is 6.17 Å². The summed E-state index contributed by atoms with van der Waals surface area (Å²) in [6.07, 6.45) is 5.02. The molecule has 6 rings (SSSR count). The highest BCUT2D eigenvalue weighted by molar-refractivity contribution is 6.45. The van der Waals surface area contributed by atoms with Gasteiger partial charge in [-0.3, -0.25) is 19.6 Å². The predicted octanol–water partition coefficient (Wildman–Crippen LogP) is 3.82. The van der Waals surface area contributed by atoms with Crippen molar-refractivity contribution in [1.82, 2.24) is 24.7 Å². The average molecular weight is 671 g/mol. The van der Waals surface area contributed by atoms with Crippen LogP contribution < -0.4 is 15.4 Å². The molecular weight excluding hydrogens is 623 g/mol. The molecule has 3 N–H and O–H groups in total. The highest BCUT2D eigenvalue weighted by Gasteiger charge is 2.35. The Bertz CT molecular complexity index is 1510. The number of aromatic nitrogens is 2. The number of rotatable bonds is 6. The van der Waals surface area contributed by atoms with Crippen LogP contribution in [0.3, 0.4) is 0 Å². The van der Waals surface area contributed by atoms with Crippen LogP contribution in [0.1, 0.15) is 61.0 Å². The number of halogens is 2. The molecule has 13 heteroatoms. The molecule has 4 aliphatic rings. The third-order valence-corrected chi connectivity index (χ3v) is 9.98. The molecule has 256 valence electrons. The average Bonchev–Trinajstić information content (AvgIpc) is 3.54. The van der Waals surface area contributed by atoms with Crippen molar-refractivity contribution in [2.24, 2.45) is 10.7 Å². The number of aryl methyl sites for hydroxylation is 1. The largest absolute Gasteiger partial charge is 0.508 e. The first kappa shape index (κ1) is 34.8. The van der Waals surface area contributed by atoms with E-state index in [1.807, 2.05) is 6.07 Å². The molecule has 3 unspecified atom stereocenters. The van der Waals surface area contributed by atoms with Gasteiger partial charge < -0.3 is 25.4 Å². The van der Waals surface area contributed by atoms with Gasteiger partial charge in [-0.1, -0.05) is 30.7 Å². The van der Waals surface area contributed by atoms with E-state index in [9.17, 15) is 14.3 Å². The van der Waals surface area contributed by atoms with Crippen LogP contribution in [-0.4, -0.2) is 115 Å². The molecule has 0 spiro atoms. The van der Waals surface area contributed by atoms with Crippen molar-refractivity contribution in [3.05, 3.63) is 51.3 Å². The van der Waals surface area contributed by atoms with Crippen LogP contribution in [0, 0.1) is 0 Å². The van der Waals surface area contributed by atoms with Gasteiger partial charge in [-0.25, -0.2) is 4.39 Å². The van der Waals surface area contributed by atoms with E-state index in [4.69, 9.17) is 32.0 Å². The maximum Gasteiger partial charge on any atom is 0.318 e. The zero-order valence-corrected chi connectivity index (χ0v) is 28.9. The third kappa shape index (κ3) is 7.65. The van der Waals surface area contributed by atoms with Crippen LogP contribution in [0.5, 0.6) is 11.8 Å². The normalized spacial score (nSPS) is 23.5. The standard InChI is InChI=1S/C27H36ClN7O3.C7H12FN/c1-6-16-9-7-10-21(36)22(16)20-13-18-17(14-34(20)4)25(32-27(31-18)38-5)35-12-8-11-30-19(15-35)23(28)24(29)26(37)33(2)3;8-6-4-7-2-1-3-9(7)5-6/h7,9-10,20,36H,6,8,11-15,29H2,1-5H3;6-7H,1-5H2/b24-23+;. The minimum Gasteiger partial charge on any atom is -0.508 e. The molecule has 5 heterocycles. The van der Waals surface area contributed by atoms with Gasteiger partial charge in [0.15, 0.2) is 0 Å². The van der Waals surface area contributed by atoms with Crippen LogP contribution in [0.15, 0.2) is 33.9 Å². The SMILES string of the molecule is CCc1cccc(O)c1C1Cc2nc(OC)nc(N3CCCN=C(/C(Cl)=C(\N)C(=O)N(C)C)C3)c2CN1C.FC1CC2CCCN2C1. The monoisotopic (exact) mass is 670 g/mol. The Kier molecular flexibility index (Phi) is 11.2. The van der Waals surface area contributed by atoms with Gasteiger partial charge in [0.05, 0.1) is 30.1 Å². The zero-order valence-electron chi connectivity index (χ0n) is 28.2. The molecular formula is C34H48ClFN8O3. The summed E-state index contributed by atoms with van der Waals surface area (Å²) in [6, 6.07) is 6.54. The van der Waals surface area contributed by atoms with E-state index in [2.05, 4.69) is 39.7 Å². The number of aromatic hydroxyl groups is 1.